The van der Waals surface area contributed by atoms with Gasteiger partial charge in [-0.25, -0.2) is 0 Å². The lowest BCUT2D eigenvalue weighted by Gasteiger charge is -2.48. The van der Waals surface area contributed by atoms with Gasteiger partial charge in [-0.3, -0.25) is 4.79 Å². The number of rotatable bonds is 54. The minimum Gasteiger partial charge on any atom is -0.394 e. The molecule has 3 fully saturated rings. The highest BCUT2D eigenvalue weighted by molar-refractivity contribution is 5.76. The first-order valence-electron chi connectivity index (χ1n) is 35.7. The SMILES string of the molecule is CC/C=C\C/C=C\C/C=C\C/C=C\CCCCCCC(=O)NC(COC1OC(CO)C(OC2OC(CO)C(OC3OC(CO)C(O)C(O)C3O)C(O)C2O)C(O)C1O)C(O)/C=C/CC/C=C/CCCCCCCCCCCCCCCCCCCCCCCCC. The molecule has 3 aliphatic rings. The topological polar surface area (TPSA) is 307 Å². The number of amides is 1. The predicted octanol–water partition coefficient (Wildman–Crippen LogP) is 9.72. The van der Waals surface area contributed by atoms with Crippen LogP contribution in [0.15, 0.2) is 72.9 Å². The second-order valence-electron chi connectivity index (χ2n) is 25.3. The van der Waals surface area contributed by atoms with E-state index in [2.05, 4.69) is 79.9 Å². The molecule has 3 rings (SSSR count). The average Bonchev–Trinajstić information content (AvgIpc) is 0.885. The van der Waals surface area contributed by atoms with Crippen molar-refractivity contribution in [3.63, 3.8) is 0 Å². The van der Waals surface area contributed by atoms with E-state index in [-0.39, 0.29) is 18.9 Å². The highest BCUT2D eigenvalue weighted by Crippen LogP contribution is 2.33. The van der Waals surface area contributed by atoms with Crippen molar-refractivity contribution in [1.29, 1.82) is 0 Å². The molecule has 12 N–H and O–H groups in total. The molecule has 1 amide bonds. The number of carbonyl (C=O) groups is 1. The molecular formula is C72H127NO18. The fraction of sp³-hybridized carbons (Fsp3) is 0.819. The van der Waals surface area contributed by atoms with Gasteiger partial charge in [0.2, 0.25) is 5.91 Å². The number of hydrogen-bond acceptors (Lipinski definition) is 18. The van der Waals surface area contributed by atoms with Gasteiger partial charge in [0.05, 0.1) is 38.6 Å². The van der Waals surface area contributed by atoms with Crippen LogP contribution in [0.25, 0.3) is 0 Å². The summed E-state index contributed by atoms with van der Waals surface area (Å²) in [6.45, 7) is 1.59. The van der Waals surface area contributed by atoms with Crippen LogP contribution in [-0.2, 0) is 33.2 Å². The summed E-state index contributed by atoms with van der Waals surface area (Å²) in [5.74, 6) is -0.310. The normalized spacial score (nSPS) is 28.3. The molecule has 0 spiro atoms. The summed E-state index contributed by atoms with van der Waals surface area (Å²) in [6.07, 6.45) is 40.4. The van der Waals surface area contributed by atoms with Crippen molar-refractivity contribution in [1.82, 2.24) is 5.32 Å². The quantitative estimate of drug-likeness (QED) is 0.0199. The molecule has 0 aromatic rings. The zero-order valence-electron chi connectivity index (χ0n) is 55.8. The predicted molar refractivity (Wildman–Crippen MR) is 355 cm³/mol. The number of carbonyl (C=O) groups excluding carboxylic acids is 1. The summed E-state index contributed by atoms with van der Waals surface area (Å²) >= 11 is 0. The van der Waals surface area contributed by atoms with Gasteiger partial charge >= 0.3 is 0 Å². The van der Waals surface area contributed by atoms with E-state index in [4.69, 9.17) is 28.4 Å². The van der Waals surface area contributed by atoms with Crippen molar-refractivity contribution in [3.05, 3.63) is 72.9 Å². The molecule has 91 heavy (non-hydrogen) atoms. The minimum absolute atomic E-state index is 0.204. The van der Waals surface area contributed by atoms with Gasteiger partial charge in [0.1, 0.15) is 73.2 Å². The molecule has 0 bridgehead atoms. The van der Waals surface area contributed by atoms with Crippen molar-refractivity contribution in [2.75, 3.05) is 26.4 Å². The average molecular weight is 1290 g/mol. The van der Waals surface area contributed by atoms with Crippen LogP contribution in [0.3, 0.4) is 0 Å². The Morgan fingerprint density at radius 1 is 0.407 bits per heavy atom. The van der Waals surface area contributed by atoms with E-state index < -0.39 is 124 Å². The lowest BCUT2D eigenvalue weighted by atomic mass is 9.96. The summed E-state index contributed by atoms with van der Waals surface area (Å²) in [7, 11) is 0. The zero-order valence-corrected chi connectivity index (χ0v) is 55.8. The van der Waals surface area contributed by atoms with Crippen LogP contribution in [0.5, 0.6) is 0 Å². The van der Waals surface area contributed by atoms with Gasteiger partial charge in [-0.05, 0) is 70.6 Å². The Kier molecular flexibility index (Phi) is 48.4. The maximum atomic E-state index is 13.4. The van der Waals surface area contributed by atoms with Crippen LogP contribution >= 0.6 is 0 Å². The minimum atomic E-state index is -1.99. The Balaban J connectivity index is 1.43. The lowest BCUT2D eigenvalue weighted by Crippen LogP contribution is -2.66. The fourth-order valence-corrected chi connectivity index (χ4v) is 11.7. The molecule has 0 aromatic heterocycles. The van der Waals surface area contributed by atoms with E-state index >= 15 is 0 Å². The van der Waals surface area contributed by atoms with Crippen LogP contribution < -0.4 is 5.32 Å². The van der Waals surface area contributed by atoms with Gasteiger partial charge in [0, 0.05) is 6.42 Å². The standard InChI is InChI=1S/C72H127NO18/c1-3-5-7-9-11-13-15-17-19-21-22-23-24-25-26-27-28-29-30-31-32-34-35-37-39-41-43-45-47-49-56(77)55(73-60(78)50-48-46-44-42-40-38-36-33-20-18-16-14-12-10-8-6-4-2)54-86-70-66(84)63(81)68(58(52-75)88-70)91-72-67(85)64(82)69(59(53-76)89-72)90-71-65(83)62(80)61(79)57(51-74)87-71/h6,8,12,14,18,20,36,38-39,41,47,49,55-59,61-72,74-77,79-85H,3-5,7,9-11,13,15-17,19,21-35,37,40,42-46,48,50-54H2,1-2H3,(H,73,78)/b8-6-,14-12-,20-18-,38-36-,41-39+,49-47+. The van der Waals surface area contributed by atoms with Gasteiger partial charge in [-0.1, -0.05) is 241 Å². The van der Waals surface area contributed by atoms with E-state index in [0.717, 1.165) is 70.6 Å². The third-order valence-electron chi connectivity index (χ3n) is 17.5. The van der Waals surface area contributed by atoms with Crippen molar-refractivity contribution in [2.24, 2.45) is 0 Å². The van der Waals surface area contributed by atoms with Gasteiger partial charge in [0.15, 0.2) is 18.9 Å². The molecule has 17 atom stereocenters. The van der Waals surface area contributed by atoms with E-state index in [1.54, 1.807) is 6.08 Å². The molecule has 3 aliphatic heterocycles. The van der Waals surface area contributed by atoms with Crippen molar-refractivity contribution in [2.45, 2.75) is 349 Å². The van der Waals surface area contributed by atoms with Crippen molar-refractivity contribution in [3.8, 4) is 0 Å². The number of nitrogens with one attached hydrogen (secondary N) is 1. The van der Waals surface area contributed by atoms with Crippen LogP contribution in [0.2, 0.25) is 0 Å². The summed E-state index contributed by atoms with van der Waals surface area (Å²) in [5.41, 5.74) is 0. The first-order chi connectivity index (χ1) is 44.3. The Morgan fingerprint density at radius 2 is 0.769 bits per heavy atom. The van der Waals surface area contributed by atoms with Gasteiger partial charge in [-0.2, -0.15) is 0 Å². The number of hydrogen-bond donors (Lipinski definition) is 12. The number of ether oxygens (including phenoxy) is 6. The smallest absolute Gasteiger partial charge is 0.220 e. The Bertz CT molecular complexity index is 1930. The van der Waals surface area contributed by atoms with E-state index in [9.17, 15) is 61.0 Å². The number of allylic oxidation sites excluding steroid dienone is 11. The second-order valence-corrected chi connectivity index (χ2v) is 25.3. The van der Waals surface area contributed by atoms with Gasteiger partial charge in [0.25, 0.3) is 0 Å². The first kappa shape index (κ1) is 82.5. The number of aliphatic hydroxyl groups is 11. The van der Waals surface area contributed by atoms with E-state index in [0.29, 0.717) is 12.8 Å². The first-order valence-corrected chi connectivity index (χ1v) is 35.7. The molecule has 0 aliphatic carbocycles. The van der Waals surface area contributed by atoms with Gasteiger partial charge < -0.3 is 89.9 Å². The zero-order chi connectivity index (χ0) is 66.1. The van der Waals surface area contributed by atoms with Crippen LogP contribution in [0.4, 0.5) is 0 Å². The highest BCUT2D eigenvalue weighted by atomic mass is 16.8. The molecule has 528 valence electrons. The molecule has 0 saturated carbocycles. The van der Waals surface area contributed by atoms with Crippen molar-refractivity contribution < 1.29 is 89.4 Å². The third kappa shape index (κ3) is 35.2. The maximum absolute atomic E-state index is 13.4. The molecule has 0 aromatic carbocycles. The molecule has 3 heterocycles. The van der Waals surface area contributed by atoms with E-state index in [1.807, 2.05) is 6.08 Å². The third-order valence-corrected chi connectivity index (χ3v) is 17.5. The second kappa shape index (κ2) is 53.4. The Morgan fingerprint density at radius 3 is 1.23 bits per heavy atom. The summed E-state index contributed by atoms with van der Waals surface area (Å²) in [6, 6.07) is -1.01. The monoisotopic (exact) mass is 1290 g/mol. The summed E-state index contributed by atoms with van der Waals surface area (Å²) in [4.78, 5) is 13.4. The number of unbranched alkanes of at least 4 members (excludes halogenated alkanes) is 28. The van der Waals surface area contributed by atoms with Crippen LogP contribution in [0.1, 0.15) is 245 Å². The van der Waals surface area contributed by atoms with E-state index in [1.165, 1.54) is 141 Å². The van der Waals surface area contributed by atoms with Crippen molar-refractivity contribution >= 4 is 5.91 Å². The Labute approximate surface area is 547 Å². The molecule has 19 nitrogen and oxygen atoms in total. The van der Waals surface area contributed by atoms with Crippen LogP contribution in [0, 0.1) is 0 Å². The van der Waals surface area contributed by atoms with Gasteiger partial charge in [-0.15, -0.1) is 0 Å². The molecule has 3 saturated heterocycles. The van der Waals surface area contributed by atoms with Crippen LogP contribution in [-0.4, -0.2) is 193 Å². The summed E-state index contributed by atoms with van der Waals surface area (Å²) in [5, 5.41) is 120. The number of aliphatic hydroxyl groups excluding tert-OH is 11. The maximum Gasteiger partial charge on any atom is 0.220 e. The largest absolute Gasteiger partial charge is 0.394 e. The lowest BCUT2D eigenvalue weighted by molar-refractivity contribution is -0.379. The highest BCUT2D eigenvalue weighted by Gasteiger charge is 2.53. The Hall–Kier alpha value is -2.77. The fourth-order valence-electron chi connectivity index (χ4n) is 11.7. The molecular weight excluding hydrogens is 1170 g/mol. The molecule has 0 radical (unpaired) electrons. The summed E-state index contributed by atoms with van der Waals surface area (Å²) < 4.78 is 34.3. The molecule has 17 unspecified atom stereocenters. The molecule has 19 heteroatoms.